The van der Waals surface area contributed by atoms with Gasteiger partial charge in [0.25, 0.3) is 0 Å². The van der Waals surface area contributed by atoms with Crippen molar-refractivity contribution >= 4 is 45.1 Å². The molecule has 0 amide bonds. The van der Waals surface area contributed by atoms with Gasteiger partial charge in [0.15, 0.2) is 5.82 Å². The second kappa shape index (κ2) is 6.57. The van der Waals surface area contributed by atoms with Crippen LogP contribution in [0.5, 0.6) is 0 Å². The summed E-state index contributed by atoms with van der Waals surface area (Å²) in [6, 6.07) is 26.3. The summed E-state index contributed by atoms with van der Waals surface area (Å²) in [5, 5.41) is 3.41. The number of nitrogens with one attached hydrogen (secondary N) is 1. The zero-order chi connectivity index (χ0) is 16.4. The average Bonchev–Trinajstić information content (AvgIpc) is 2.64. The molecule has 0 fully saturated rings. The van der Waals surface area contributed by atoms with E-state index in [0.717, 1.165) is 33.8 Å². The molecule has 0 saturated heterocycles. The van der Waals surface area contributed by atoms with E-state index < -0.39 is 0 Å². The van der Waals surface area contributed by atoms with E-state index in [4.69, 9.17) is 9.97 Å². The van der Waals surface area contributed by atoms with E-state index in [1.54, 1.807) is 0 Å². The number of anilines is 2. The normalized spacial score (nSPS) is 10.7. The molecule has 0 bridgehead atoms. The number of para-hydroxylation sites is 2. The van der Waals surface area contributed by atoms with Crippen molar-refractivity contribution in [1.82, 2.24) is 9.97 Å². The molecular weight excluding hydrogens is 409 g/mol. The molecule has 0 aliphatic heterocycles. The highest BCUT2D eigenvalue weighted by molar-refractivity contribution is 14.1. The first-order valence-electron chi connectivity index (χ1n) is 7.64. The van der Waals surface area contributed by atoms with Crippen molar-refractivity contribution in [2.24, 2.45) is 0 Å². The van der Waals surface area contributed by atoms with E-state index in [2.05, 4.69) is 52.2 Å². The topological polar surface area (TPSA) is 37.8 Å². The number of benzene rings is 3. The molecule has 116 valence electrons. The van der Waals surface area contributed by atoms with Gasteiger partial charge in [0.1, 0.15) is 5.69 Å². The predicted molar refractivity (Wildman–Crippen MR) is 107 cm³/mol. The number of nitrogens with zero attached hydrogens (tertiary/aromatic N) is 2. The maximum Gasteiger partial charge on any atom is 0.157 e. The van der Waals surface area contributed by atoms with Crippen LogP contribution in [-0.4, -0.2) is 9.97 Å². The molecule has 0 spiro atoms. The molecule has 0 radical (unpaired) electrons. The summed E-state index contributed by atoms with van der Waals surface area (Å²) < 4.78 is 1.20. The molecule has 3 nitrogen and oxygen atoms in total. The molecule has 0 saturated carbocycles. The lowest BCUT2D eigenvalue weighted by Gasteiger charge is -2.12. The third-order valence-electron chi connectivity index (χ3n) is 3.72. The fourth-order valence-corrected chi connectivity index (χ4v) is 2.91. The van der Waals surface area contributed by atoms with Crippen LogP contribution in [0, 0.1) is 3.57 Å². The van der Waals surface area contributed by atoms with E-state index in [1.165, 1.54) is 3.57 Å². The van der Waals surface area contributed by atoms with E-state index >= 15 is 0 Å². The predicted octanol–water partition coefficient (Wildman–Crippen LogP) is 5.65. The number of rotatable bonds is 3. The Bertz CT molecular complexity index is 983. The molecule has 0 aliphatic rings. The molecule has 0 atom stereocenters. The van der Waals surface area contributed by atoms with Crippen molar-refractivity contribution in [3.05, 3.63) is 82.4 Å². The third kappa shape index (κ3) is 3.10. The lowest BCUT2D eigenvalue weighted by Crippen LogP contribution is -2.00. The van der Waals surface area contributed by atoms with Gasteiger partial charge in [-0.25, -0.2) is 9.97 Å². The average molecular weight is 423 g/mol. The van der Waals surface area contributed by atoms with Crippen LogP contribution in [0.2, 0.25) is 0 Å². The van der Waals surface area contributed by atoms with Crippen LogP contribution >= 0.6 is 22.6 Å². The van der Waals surface area contributed by atoms with Crippen LogP contribution in [0.15, 0.2) is 78.9 Å². The summed E-state index contributed by atoms with van der Waals surface area (Å²) in [5.41, 5.74) is 4.67. The molecule has 0 aliphatic carbocycles. The van der Waals surface area contributed by atoms with Crippen LogP contribution in [0.4, 0.5) is 11.5 Å². The van der Waals surface area contributed by atoms with Gasteiger partial charge >= 0.3 is 0 Å². The zero-order valence-electron chi connectivity index (χ0n) is 12.8. The number of fused-ring (bicyclic) bond motifs is 1. The molecule has 4 aromatic rings. The molecule has 24 heavy (non-hydrogen) atoms. The van der Waals surface area contributed by atoms with Crippen LogP contribution in [-0.2, 0) is 0 Å². The zero-order valence-corrected chi connectivity index (χ0v) is 14.9. The van der Waals surface area contributed by atoms with Crippen LogP contribution in [0.25, 0.3) is 22.3 Å². The number of halogens is 1. The summed E-state index contributed by atoms with van der Waals surface area (Å²) in [7, 11) is 0. The number of hydrogen-bond donors (Lipinski definition) is 1. The molecule has 3 aromatic carbocycles. The Balaban J connectivity index is 1.86. The molecule has 4 rings (SSSR count). The number of aromatic nitrogens is 2. The first-order chi connectivity index (χ1) is 11.8. The highest BCUT2D eigenvalue weighted by atomic mass is 127. The summed E-state index contributed by atoms with van der Waals surface area (Å²) in [4.78, 5) is 9.63. The maximum absolute atomic E-state index is 4.83. The highest BCUT2D eigenvalue weighted by Crippen LogP contribution is 2.29. The van der Waals surface area contributed by atoms with E-state index in [0.29, 0.717) is 0 Å². The molecule has 0 unspecified atom stereocenters. The fraction of sp³-hybridized carbons (Fsp3) is 0. The lowest BCUT2D eigenvalue weighted by molar-refractivity contribution is 1.28. The third-order valence-corrected chi connectivity index (χ3v) is 4.44. The van der Waals surface area contributed by atoms with E-state index in [1.807, 2.05) is 54.6 Å². The highest BCUT2D eigenvalue weighted by Gasteiger charge is 2.11. The van der Waals surface area contributed by atoms with Crippen molar-refractivity contribution in [3.8, 4) is 11.3 Å². The summed E-state index contributed by atoms with van der Waals surface area (Å²) in [6.07, 6.45) is 0. The summed E-state index contributed by atoms with van der Waals surface area (Å²) >= 11 is 2.30. The van der Waals surface area contributed by atoms with Crippen molar-refractivity contribution in [3.63, 3.8) is 0 Å². The van der Waals surface area contributed by atoms with Crippen molar-refractivity contribution in [2.75, 3.05) is 5.32 Å². The Kier molecular flexibility index (Phi) is 4.13. The Morgan fingerprint density at radius 1 is 0.667 bits per heavy atom. The molecule has 1 heterocycles. The smallest absolute Gasteiger partial charge is 0.157 e. The molecule has 1 N–H and O–H groups in total. The van der Waals surface area contributed by atoms with Gasteiger partial charge in [-0.05, 0) is 59.0 Å². The minimum atomic E-state index is 0.765. The first kappa shape index (κ1) is 15.1. The van der Waals surface area contributed by atoms with Crippen molar-refractivity contribution in [1.29, 1.82) is 0 Å². The van der Waals surface area contributed by atoms with E-state index in [9.17, 15) is 0 Å². The SMILES string of the molecule is Ic1ccc(Nc2nc3ccccc3nc2-c2ccccc2)cc1. The van der Waals surface area contributed by atoms with Gasteiger partial charge in [-0.15, -0.1) is 0 Å². The van der Waals surface area contributed by atoms with Gasteiger partial charge < -0.3 is 5.32 Å². The van der Waals surface area contributed by atoms with E-state index in [-0.39, 0.29) is 0 Å². The Labute approximate surface area is 153 Å². The van der Waals surface area contributed by atoms with Gasteiger partial charge in [-0.2, -0.15) is 0 Å². The largest absolute Gasteiger partial charge is 0.338 e. The van der Waals surface area contributed by atoms with Gasteiger partial charge in [0, 0.05) is 14.8 Å². The lowest BCUT2D eigenvalue weighted by atomic mass is 10.1. The second-order valence-electron chi connectivity index (χ2n) is 5.41. The van der Waals surface area contributed by atoms with Gasteiger partial charge in [-0.3, -0.25) is 0 Å². The van der Waals surface area contributed by atoms with Crippen molar-refractivity contribution in [2.45, 2.75) is 0 Å². The Morgan fingerprint density at radius 3 is 2.00 bits per heavy atom. The minimum absolute atomic E-state index is 0.765. The van der Waals surface area contributed by atoms with Crippen LogP contribution < -0.4 is 5.32 Å². The van der Waals surface area contributed by atoms with Crippen LogP contribution in [0.1, 0.15) is 0 Å². The quantitative estimate of drug-likeness (QED) is 0.433. The second-order valence-corrected chi connectivity index (χ2v) is 6.65. The summed E-state index contributed by atoms with van der Waals surface area (Å²) in [5.74, 6) is 0.765. The Morgan fingerprint density at radius 2 is 1.29 bits per heavy atom. The minimum Gasteiger partial charge on any atom is -0.338 e. The fourth-order valence-electron chi connectivity index (χ4n) is 2.55. The Hall–Kier alpha value is -2.47. The first-order valence-corrected chi connectivity index (χ1v) is 8.72. The maximum atomic E-state index is 4.83. The number of hydrogen-bond acceptors (Lipinski definition) is 3. The van der Waals surface area contributed by atoms with Gasteiger partial charge in [-0.1, -0.05) is 42.5 Å². The molecular formula is C20H14IN3. The molecule has 1 aromatic heterocycles. The van der Waals surface area contributed by atoms with Gasteiger partial charge in [0.05, 0.1) is 11.0 Å². The van der Waals surface area contributed by atoms with Crippen LogP contribution in [0.3, 0.4) is 0 Å². The monoisotopic (exact) mass is 423 g/mol. The van der Waals surface area contributed by atoms with Gasteiger partial charge in [0.2, 0.25) is 0 Å². The van der Waals surface area contributed by atoms with Crippen molar-refractivity contribution < 1.29 is 0 Å². The molecule has 4 heteroatoms. The standard InChI is InChI=1S/C20H14IN3/c21-15-10-12-16(13-11-15)22-20-19(14-6-2-1-3-7-14)23-17-8-4-5-9-18(17)24-20/h1-13H,(H,22,24). The summed E-state index contributed by atoms with van der Waals surface area (Å²) in [6.45, 7) is 0.